The molecular weight excluding hydrogens is 336 g/mol. The molecule has 0 radical (unpaired) electrons. The smallest absolute Gasteiger partial charge is 0.358 e. The number of rotatable bonds is 3. The quantitative estimate of drug-likeness (QED) is 0.654. The molecule has 3 aromatic rings. The van der Waals surface area contributed by atoms with E-state index in [2.05, 4.69) is 10.3 Å². The second kappa shape index (κ2) is 6.23. The van der Waals surface area contributed by atoms with Crippen LogP contribution in [0.2, 0.25) is 0 Å². The van der Waals surface area contributed by atoms with Crippen molar-refractivity contribution in [2.75, 3.05) is 5.32 Å². The van der Waals surface area contributed by atoms with Gasteiger partial charge in [-0.25, -0.2) is 4.39 Å². The molecule has 1 amide bonds. The Morgan fingerprint density at radius 3 is 2.60 bits per heavy atom. The zero-order valence-corrected chi connectivity index (χ0v) is 13.2. The van der Waals surface area contributed by atoms with Crippen LogP contribution < -0.4 is 5.32 Å². The molecule has 0 aliphatic rings. The summed E-state index contributed by atoms with van der Waals surface area (Å²) in [6.45, 7) is 1.73. The number of hydrogen-bond donors (Lipinski definition) is 2. The van der Waals surface area contributed by atoms with E-state index in [4.69, 9.17) is 0 Å². The van der Waals surface area contributed by atoms with E-state index in [0.717, 1.165) is 6.07 Å². The van der Waals surface area contributed by atoms with Crippen LogP contribution in [0.15, 0.2) is 42.5 Å². The van der Waals surface area contributed by atoms with Gasteiger partial charge < -0.3 is 10.3 Å². The first-order valence-corrected chi connectivity index (χ1v) is 7.48. The van der Waals surface area contributed by atoms with Crippen LogP contribution in [-0.4, -0.2) is 10.9 Å². The van der Waals surface area contributed by atoms with Gasteiger partial charge in [0.25, 0.3) is 0 Å². The van der Waals surface area contributed by atoms with Crippen LogP contribution in [0.1, 0.15) is 16.8 Å². The number of aromatic nitrogens is 1. The third-order valence-electron chi connectivity index (χ3n) is 3.93. The molecule has 2 aromatic carbocycles. The second-order valence-corrected chi connectivity index (χ2v) is 5.69. The summed E-state index contributed by atoms with van der Waals surface area (Å²) in [6, 6.07) is 8.91. The standard InChI is InChI=1S/C18H14F4N2O/c1-10-12(13-8-11(19)6-7-15(13)23-10)9-17(25)24-16-5-3-2-4-14(16)18(20,21)22/h2-8,23H,9H2,1H3,(H,24,25). The molecule has 0 bridgehead atoms. The summed E-state index contributed by atoms with van der Waals surface area (Å²) in [7, 11) is 0. The van der Waals surface area contributed by atoms with E-state index in [0.29, 0.717) is 22.2 Å². The molecule has 130 valence electrons. The SMILES string of the molecule is Cc1[nH]c2ccc(F)cc2c1CC(=O)Nc1ccccc1C(F)(F)F. The third-order valence-corrected chi connectivity index (χ3v) is 3.93. The Labute approximate surface area is 140 Å². The average Bonchev–Trinajstić information content (AvgIpc) is 2.82. The molecule has 25 heavy (non-hydrogen) atoms. The van der Waals surface area contributed by atoms with Crippen LogP contribution in [0.3, 0.4) is 0 Å². The van der Waals surface area contributed by atoms with Crippen LogP contribution in [0, 0.1) is 12.7 Å². The molecule has 0 unspecified atom stereocenters. The first-order valence-electron chi connectivity index (χ1n) is 7.48. The summed E-state index contributed by atoms with van der Waals surface area (Å²) in [5.74, 6) is -1.06. The summed E-state index contributed by atoms with van der Waals surface area (Å²) >= 11 is 0. The van der Waals surface area contributed by atoms with Crippen molar-refractivity contribution in [2.45, 2.75) is 19.5 Å². The fourth-order valence-electron chi connectivity index (χ4n) is 2.78. The lowest BCUT2D eigenvalue weighted by molar-refractivity contribution is -0.137. The molecule has 0 saturated heterocycles. The minimum atomic E-state index is -4.57. The Balaban J connectivity index is 1.88. The number of carbonyl (C=O) groups excluding carboxylic acids is 1. The number of para-hydroxylation sites is 1. The number of fused-ring (bicyclic) bond motifs is 1. The van der Waals surface area contributed by atoms with Gasteiger partial charge in [-0.1, -0.05) is 12.1 Å². The highest BCUT2D eigenvalue weighted by Crippen LogP contribution is 2.34. The van der Waals surface area contributed by atoms with Gasteiger partial charge in [0.05, 0.1) is 17.7 Å². The van der Waals surface area contributed by atoms with Gasteiger partial charge in [0, 0.05) is 16.6 Å². The molecule has 3 rings (SSSR count). The van der Waals surface area contributed by atoms with Gasteiger partial charge in [-0.05, 0) is 42.8 Å². The van der Waals surface area contributed by atoms with Gasteiger partial charge in [-0.15, -0.1) is 0 Å². The van der Waals surface area contributed by atoms with E-state index in [1.165, 1.54) is 30.3 Å². The molecule has 0 spiro atoms. The van der Waals surface area contributed by atoms with Crippen LogP contribution in [0.5, 0.6) is 0 Å². The topological polar surface area (TPSA) is 44.9 Å². The monoisotopic (exact) mass is 350 g/mol. The molecule has 1 aromatic heterocycles. The van der Waals surface area contributed by atoms with Crippen molar-refractivity contribution >= 4 is 22.5 Å². The molecule has 0 aliphatic carbocycles. The minimum absolute atomic E-state index is 0.165. The molecule has 7 heteroatoms. The van der Waals surface area contributed by atoms with Crippen LogP contribution in [0.4, 0.5) is 23.2 Å². The Morgan fingerprint density at radius 1 is 1.16 bits per heavy atom. The zero-order chi connectivity index (χ0) is 18.2. The Bertz CT molecular complexity index is 944. The number of benzene rings is 2. The molecule has 0 fully saturated rings. The average molecular weight is 350 g/mol. The van der Waals surface area contributed by atoms with E-state index in [-0.39, 0.29) is 12.1 Å². The summed E-state index contributed by atoms with van der Waals surface area (Å²) in [4.78, 5) is 15.3. The lowest BCUT2D eigenvalue weighted by atomic mass is 10.1. The van der Waals surface area contributed by atoms with E-state index in [9.17, 15) is 22.4 Å². The van der Waals surface area contributed by atoms with Crippen molar-refractivity contribution in [3.8, 4) is 0 Å². The number of nitrogens with one attached hydrogen (secondary N) is 2. The first-order chi connectivity index (χ1) is 11.8. The fraction of sp³-hybridized carbons (Fsp3) is 0.167. The third kappa shape index (κ3) is 3.50. The van der Waals surface area contributed by atoms with Crippen molar-refractivity contribution in [1.82, 2.24) is 4.98 Å². The summed E-state index contributed by atoms with van der Waals surface area (Å²) < 4.78 is 52.4. The van der Waals surface area contributed by atoms with Crippen molar-refractivity contribution < 1.29 is 22.4 Å². The van der Waals surface area contributed by atoms with Gasteiger partial charge in [-0.2, -0.15) is 13.2 Å². The van der Waals surface area contributed by atoms with Crippen molar-refractivity contribution in [3.63, 3.8) is 0 Å². The summed E-state index contributed by atoms with van der Waals surface area (Å²) in [6.07, 6.45) is -4.73. The van der Waals surface area contributed by atoms with Crippen LogP contribution >= 0.6 is 0 Å². The molecule has 0 atom stereocenters. The first kappa shape index (κ1) is 17.0. The lowest BCUT2D eigenvalue weighted by Gasteiger charge is -2.13. The molecule has 0 saturated carbocycles. The Morgan fingerprint density at radius 2 is 1.88 bits per heavy atom. The van der Waals surface area contributed by atoms with E-state index >= 15 is 0 Å². The predicted octanol–water partition coefficient (Wildman–Crippen LogP) is 4.82. The highest BCUT2D eigenvalue weighted by molar-refractivity contribution is 5.97. The number of hydrogen-bond acceptors (Lipinski definition) is 1. The normalized spacial score (nSPS) is 11.7. The highest BCUT2D eigenvalue weighted by Gasteiger charge is 2.33. The Kier molecular flexibility index (Phi) is 4.24. The highest BCUT2D eigenvalue weighted by atomic mass is 19.4. The van der Waals surface area contributed by atoms with Gasteiger partial charge >= 0.3 is 6.18 Å². The largest absolute Gasteiger partial charge is 0.418 e. The van der Waals surface area contributed by atoms with Crippen molar-refractivity contribution in [3.05, 3.63) is 65.1 Å². The van der Waals surface area contributed by atoms with Gasteiger partial charge in [-0.3, -0.25) is 4.79 Å². The van der Waals surface area contributed by atoms with Crippen molar-refractivity contribution in [1.29, 1.82) is 0 Å². The molecule has 1 heterocycles. The predicted molar refractivity (Wildman–Crippen MR) is 86.8 cm³/mol. The number of amides is 1. The summed E-state index contributed by atoms with van der Waals surface area (Å²) in [5.41, 5.74) is 0.669. The molecule has 3 nitrogen and oxygen atoms in total. The number of aryl methyl sites for hydroxylation is 1. The number of aromatic amines is 1. The molecular formula is C18H14F4N2O. The molecule has 2 N–H and O–H groups in total. The zero-order valence-electron chi connectivity index (χ0n) is 13.2. The maximum atomic E-state index is 13.5. The van der Waals surface area contributed by atoms with E-state index < -0.39 is 23.5 Å². The maximum absolute atomic E-state index is 13.5. The molecule has 0 aliphatic heterocycles. The number of H-pyrrole nitrogens is 1. The van der Waals surface area contributed by atoms with E-state index in [1.807, 2.05) is 0 Å². The van der Waals surface area contributed by atoms with Gasteiger partial charge in [0.15, 0.2) is 0 Å². The lowest BCUT2D eigenvalue weighted by Crippen LogP contribution is -2.18. The number of halogens is 4. The van der Waals surface area contributed by atoms with Crippen LogP contribution in [0.25, 0.3) is 10.9 Å². The van der Waals surface area contributed by atoms with E-state index in [1.54, 1.807) is 13.0 Å². The number of anilines is 1. The van der Waals surface area contributed by atoms with Gasteiger partial charge in [0.1, 0.15) is 5.82 Å². The minimum Gasteiger partial charge on any atom is -0.358 e. The summed E-state index contributed by atoms with van der Waals surface area (Å²) in [5, 5.41) is 2.83. The van der Waals surface area contributed by atoms with Crippen LogP contribution in [-0.2, 0) is 17.4 Å². The number of carbonyl (C=O) groups is 1. The maximum Gasteiger partial charge on any atom is 0.418 e. The van der Waals surface area contributed by atoms with Crippen molar-refractivity contribution in [2.24, 2.45) is 0 Å². The van der Waals surface area contributed by atoms with Gasteiger partial charge in [0.2, 0.25) is 5.91 Å². The fourth-order valence-corrected chi connectivity index (χ4v) is 2.78. The Hall–Kier alpha value is -2.83. The second-order valence-electron chi connectivity index (χ2n) is 5.69. The number of alkyl halides is 3.